The number of fused-ring (bicyclic) bond motifs is 1. The highest BCUT2D eigenvalue weighted by atomic mass is 35.5. The summed E-state index contributed by atoms with van der Waals surface area (Å²) in [6.07, 6.45) is 9.02. The van der Waals surface area contributed by atoms with Crippen molar-refractivity contribution in [3.8, 4) is 0 Å². The van der Waals surface area contributed by atoms with Crippen molar-refractivity contribution in [1.29, 1.82) is 0 Å². The van der Waals surface area contributed by atoms with Gasteiger partial charge >= 0.3 is 0 Å². The smallest absolute Gasteiger partial charge is 0.228 e. The number of carbonyl (C=O) groups excluding carboxylic acids is 1. The fraction of sp³-hybridized carbons (Fsp3) is 0.438. The average molecular weight is 276 g/mol. The lowest BCUT2D eigenvalue weighted by Gasteiger charge is -2.05. The van der Waals surface area contributed by atoms with Gasteiger partial charge in [-0.25, -0.2) is 0 Å². The first kappa shape index (κ1) is 12.7. The zero-order valence-corrected chi connectivity index (χ0v) is 11.6. The van der Waals surface area contributed by atoms with Crippen LogP contribution in [-0.4, -0.2) is 5.91 Å². The summed E-state index contributed by atoms with van der Waals surface area (Å²) in [5.74, 6) is 1.55. The van der Waals surface area contributed by atoms with Gasteiger partial charge < -0.3 is 5.32 Å². The minimum atomic E-state index is 0.166. The van der Waals surface area contributed by atoms with Crippen LogP contribution in [0.5, 0.6) is 0 Å². The molecule has 3 heteroatoms. The average Bonchev–Trinajstić information content (AvgIpc) is 3.00. The lowest BCUT2D eigenvalue weighted by Crippen LogP contribution is -2.15. The van der Waals surface area contributed by atoms with E-state index >= 15 is 0 Å². The summed E-state index contributed by atoms with van der Waals surface area (Å²) in [4.78, 5) is 12.3. The lowest BCUT2D eigenvalue weighted by atomic mass is 10.1. The van der Waals surface area contributed by atoms with Crippen molar-refractivity contribution >= 4 is 23.2 Å². The molecule has 0 radical (unpaired) electrons. The second kappa shape index (κ2) is 5.38. The number of halogens is 1. The molecule has 1 aromatic rings. The van der Waals surface area contributed by atoms with Crippen LogP contribution in [0.25, 0.3) is 0 Å². The number of nitrogens with one attached hydrogen (secondary N) is 1. The highest BCUT2D eigenvalue weighted by molar-refractivity contribution is 6.30. The van der Waals surface area contributed by atoms with Crippen LogP contribution < -0.4 is 5.32 Å². The Bertz CT molecular complexity index is 495. The Morgan fingerprint density at radius 1 is 1.16 bits per heavy atom. The Hall–Kier alpha value is -1.28. The van der Waals surface area contributed by atoms with Gasteiger partial charge in [0.05, 0.1) is 0 Å². The Morgan fingerprint density at radius 2 is 1.84 bits per heavy atom. The minimum absolute atomic E-state index is 0.166. The minimum Gasteiger partial charge on any atom is -0.326 e. The van der Waals surface area contributed by atoms with E-state index in [2.05, 4.69) is 17.5 Å². The number of benzene rings is 1. The summed E-state index contributed by atoms with van der Waals surface area (Å²) in [6.45, 7) is 0. The monoisotopic (exact) mass is 275 g/mol. The molecule has 0 bridgehead atoms. The molecular formula is C16H18ClNO. The Kier molecular flexibility index (Phi) is 3.61. The van der Waals surface area contributed by atoms with Gasteiger partial charge in [0.25, 0.3) is 0 Å². The molecule has 1 unspecified atom stereocenters. The largest absolute Gasteiger partial charge is 0.326 e. The molecule has 100 valence electrons. The second-order valence-corrected chi connectivity index (χ2v) is 5.92. The summed E-state index contributed by atoms with van der Waals surface area (Å²) in [6, 6.07) is 7.35. The van der Waals surface area contributed by atoms with Gasteiger partial charge in [0.1, 0.15) is 0 Å². The van der Waals surface area contributed by atoms with Crippen LogP contribution in [-0.2, 0) is 4.79 Å². The third-order valence-corrected chi connectivity index (χ3v) is 4.46. The first-order chi connectivity index (χ1) is 9.25. The van der Waals surface area contributed by atoms with Gasteiger partial charge in [-0.3, -0.25) is 4.79 Å². The molecule has 0 spiro atoms. The molecule has 1 N–H and O–H groups in total. The maximum absolute atomic E-state index is 12.3. The van der Waals surface area contributed by atoms with Gasteiger partial charge in [0.15, 0.2) is 0 Å². The fourth-order valence-corrected chi connectivity index (χ4v) is 3.42. The van der Waals surface area contributed by atoms with Crippen LogP contribution >= 0.6 is 11.6 Å². The van der Waals surface area contributed by atoms with E-state index < -0.39 is 0 Å². The van der Waals surface area contributed by atoms with Crippen molar-refractivity contribution in [2.75, 3.05) is 5.32 Å². The summed E-state index contributed by atoms with van der Waals surface area (Å²) >= 11 is 5.93. The van der Waals surface area contributed by atoms with Crippen molar-refractivity contribution in [1.82, 2.24) is 0 Å². The van der Waals surface area contributed by atoms with Crippen LogP contribution in [0, 0.1) is 17.8 Å². The SMILES string of the molecule is O=C(Nc1cccc(Cl)c1)C1[C@H]2CCC=CCC[C@@H]12. The third-order valence-electron chi connectivity index (χ3n) is 4.23. The molecule has 1 amide bonds. The van der Waals surface area contributed by atoms with Crippen LogP contribution in [0.3, 0.4) is 0 Å². The van der Waals surface area contributed by atoms with Crippen molar-refractivity contribution in [2.24, 2.45) is 17.8 Å². The topological polar surface area (TPSA) is 29.1 Å². The summed E-state index contributed by atoms with van der Waals surface area (Å²) in [5, 5.41) is 3.65. The van der Waals surface area contributed by atoms with E-state index in [0.29, 0.717) is 16.9 Å². The number of hydrogen-bond acceptors (Lipinski definition) is 1. The number of allylic oxidation sites excluding steroid dienone is 2. The number of carbonyl (C=O) groups is 1. The van der Waals surface area contributed by atoms with Crippen molar-refractivity contribution in [2.45, 2.75) is 25.7 Å². The Balaban J connectivity index is 1.63. The van der Waals surface area contributed by atoms with Crippen LogP contribution in [0.2, 0.25) is 5.02 Å². The second-order valence-electron chi connectivity index (χ2n) is 5.48. The molecule has 0 aliphatic heterocycles. The highest BCUT2D eigenvalue weighted by Crippen LogP contribution is 2.53. The quantitative estimate of drug-likeness (QED) is 0.803. The zero-order valence-electron chi connectivity index (χ0n) is 10.8. The van der Waals surface area contributed by atoms with Crippen molar-refractivity contribution in [3.05, 3.63) is 41.4 Å². The third kappa shape index (κ3) is 2.84. The molecule has 2 aliphatic rings. The summed E-state index contributed by atoms with van der Waals surface area (Å²) in [5.41, 5.74) is 0.801. The first-order valence-electron chi connectivity index (χ1n) is 6.97. The molecule has 3 rings (SSSR count). The molecule has 19 heavy (non-hydrogen) atoms. The van der Waals surface area contributed by atoms with E-state index in [1.54, 1.807) is 6.07 Å². The predicted octanol–water partition coefficient (Wildman–Crippen LogP) is 4.27. The molecule has 3 atom stereocenters. The van der Waals surface area contributed by atoms with Gasteiger partial charge in [0.2, 0.25) is 5.91 Å². The van der Waals surface area contributed by atoms with E-state index in [9.17, 15) is 4.79 Å². The van der Waals surface area contributed by atoms with Gasteiger partial charge in [-0.05, 0) is 55.7 Å². The van der Waals surface area contributed by atoms with Gasteiger partial charge in [-0.2, -0.15) is 0 Å². The maximum atomic E-state index is 12.3. The van der Waals surface area contributed by atoms with Crippen LogP contribution in [0.1, 0.15) is 25.7 Å². The van der Waals surface area contributed by atoms with E-state index in [4.69, 9.17) is 11.6 Å². The molecule has 0 heterocycles. The van der Waals surface area contributed by atoms with Gasteiger partial charge in [0, 0.05) is 16.6 Å². The Labute approximate surface area is 118 Å². The van der Waals surface area contributed by atoms with E-state index in [-0.39, 0.29) is 11.8 Å². The molecule has 0 aromatic heterocycles. The maximum Gasteiger partial charge on any atom is 0.228 e. The molecule has 0 saturated heterocycles. The van der Waals surface area contributed by atoms with Crippen molar-refractivity contribution < 1.29 is 4.79 Å². The van der Waals surface area contributed by atoms with E-state index in [1.807, 2.05) is 18.2 Å². The highest BCUT2D eigenvalue weighted by Gasteiger charge is 2.53. The zero-order chi connectivity index (χ0) is 13.2. The van der Waals surface area contributed by atoms with Crippen LogP contribution in [0.4, 0.5) is 5.69 Å². The predicted molar refractivity (Wildman–Crippen MR) is 78.2 cm³/mol. The standard InChI is InChI=1S/C16H18ClNO/c17-11-6-5-7-12(10-11)18-16(19)15-13-8-3-1-2-4-9-14(13)15/h1-2,5-7,10,13-15H,3-4,8-9H2,(H,18,19)/t13-,14+,15?. The molecule has 2 nitrogen and oxygen atoms in total. The van der Waals surface area contributed by atoms with Crippen molar-refractivity contribution in [3.63, 3.8) is 0 Å². The van der Waals surface area contributed by atoms with Gasteiger partial charge in [-0.1, -0.05) is 29.8 Å². The number of anilines is 1. The van der Waals surface area contributed by atoms with E-state index in [0.717, 1.165) is 31.4 Å². The molecule has 2 aliphatic carbocycles. The van der Waals surface area contributed by atoms with Crippen LogP contribution in [0.15, 0.2) is 36.4 Å². The molecule has 1 saturated carbocycles. The Morgan fingerprint density at radius 3 is 2.47 bits per heavy atom. The number of hydrogen-bond donors (Lipinski definition) is 1. The first-order valence-corrected chi connectivity index (χ1v) is 7.35. The summed E-state index contributed by atoms with van der Waals surface area (Å²) < 4.78 is 0. The molecule has 1 fully saturated rings. The number of amides is 1. The normalized spacial score (nSPS) is 29.0. The lowest BCUT2D eigenvalue weighted by molar-refractivity contribution is -0.117. The molecular weight excluding hydrogens is 258 g/mol. The summed E-state index contributed by atoms with van der Waals surface area (Å²) in [7, 11) is 0. The molecule has 1 aromatic carbocycles. The van der Waals surface area contributed by atoms with Gasteiger partial charge in [-0.15, -0.1) is 0 Å². The van der Waals surface area contributed by atoms with E-state index in [1.165, 1.54) is 0 Å². The fourth-order valence-electron chi connectivity index (χ4n) is 3.23. The number of rotatable bonds is 2.